The maximum atomic E-state index is 12.5. The van der Waals surface area contributed by atoms with Crippen molar-refractivity contribution in [1.82, 2.24) is 4.90 Å². The summed E-state index contributed by atoms with van der Waals surface area (Å²) in [4.78, 5) is 14.2. The Morgan fingerprint density at radius 2 is 2.26 bits per heavy atom. The summed E-state index contributed by atoms with van der Waals surface area (Å²) in [5.74, 6) is -0.0391. The average Bonchev–Trinajstić information content (AvgIpc) is 2.37. The van der Waals surface area contributed by atoms with Crippen LogP contribution in [0.1, 0.15) is 22.8 Å². The Hall–Kier alpha value is -1.10. The number of amides is 1. The molecule has 4 nitrogen and oxygen atoms in total. The lowest BCUT2D eigenvalue weighted by Gasteiger charge is -2.36. The topological polar surface area (TPSA) is 49.8 Å². The quantitative estimate of drug-likeness (QED) is 0.901. The molecule has 1 aromatic carbocycles. The number of hydrogen-bond acceptors (Lipinski definition) is 3. The van der Waals surface area contributed by atoms with Gasteiger partial charge in [-0.2, -0.15) is 0 Å². The zero-order valence-electron chi connectivity index (χ0n) is 11.1. The molecular weight excluding hydrogens is 266 g/mol. The number of nitrogens with zero attached hydrogens (tertiary/aromatic N) is 1. The summed E-state index contributed by atoms with van der Waals surface area (Å²) in [6.45, 7) is 4.65. The van der Waals surface area contributed by atoms with Gasteiger partial charge in [0.25, 0.3) is 5.91 Å². The van der Waals surface area contributed by atoms with E-state index < -0.39 is 0 Å². The fourth-order valence-electron chi connectivity index (χ4n) is 2.35. The number of aliphatic hydroxyl groups excluding tert-OH is 1. The zero-order chi connectivity index (χ0) is 14.0. The first kappa shape index (κ1) is 14.3. The number of aliphatic hydroxyl groups is 1. The van der Waals surface area contributed by atoms with E-state index >= 15 is 0 Å². The van der Waals surface area contributed by atoms with Crippen LogP contribution >= 0.6 is 11.6 Å². The van der Waals surface area contributed by atoms with E-state index in [4.69, 9.17) is 16.3 Å². The van der Waals surface area contributed by atoms with Crippen LogP contribution in [-0.2, 0) is 4.74 Å². The molecule has 1 amide bonds. The van der Waals surface area contributed by atoms with Crippen LogP contribution < -0.4 is 0 Å². The van der Waals surface area contributed by atoms with Crippen LogP contribution in [0.4, 0.5) is 0 Å². The molecule has 1 heterocycles. The molecule has 19 heavy (non-hydrogen) atoms. The molecule has 0 saturated carbocycles. The highest BCUT2D eigenvalue weighted by Crippen LogP contribution is 2.19. The number of rotatable bonds is 2. The van der Waals surface area contributed by atoms with Crippen LogP contribution in [0.25, 0.3) is 0 Å². The molecule has 1 aromatic rings. The van der Waals surface area contributed by atoms with Gasteiger partial charge in [-0.05, 0) is 37.6 Å². The van der Waals surface area contributed by atoms with Crippen LogP contribution in [-0.4, -0.2) is 47.8 Å². The molecule has 5 heteroatoms. The fraction of sp³-hybridized carbons (Fsp3) is 0.500. The summed E-state index contributed by atoms with van der Waals surface area (Å²) >= 11 is 5.90. The van der Waals surface area contributed by atoms with Crippen molar-refractivity contribution in [3.05, 3.63) is 34.3 Å². The third-order valence-corrected chi connectivity index (χ3v) is 3.47. The number of benzene rings is 1. The number of ether oxygens (including phenoxy) is 1. The van der Waals surface area contributed by atoms with Crippen molar-refractivity contribution < 1.29 is 14.6 Å². The van der Waals surface area contributed by atoms with Gasteiger partial charge in [0.05, 0.1) is 18.8 Å². The van der Waals surface area contributed by atoms with E-state index in [1.807, 2.05) is 13.8 Å². The SMILES string of the molecule is Cc1cc(Cl)ccc1C(=O)N1CC(C)OC(CO)C1. The Balaban J connectivity index is 2.18. The smallest absolute Gasteiger partial charge is 0.254 e. The first-order valence-corrected chi connectivity index (χ1v) is 6.70. The van der Waals surface area contributed by atoms with Crippen molar-refractivity contribution in [3.8, 4) is 0 Å². The molecule has 0 spiro atoms. The fourth-order valence-corrected chi connectivity index (χ4v) is 2.58. The van der Waals surface area contributed by atoms with Gasteiger partial charge < -0.3 is 14.7 Å². The van der Waals surface area contributed by atoms with Crippen molar-refractivity contribution in [2.45, 2.75) is 26.1 Å². The lowest BCUT2D eigenvalue weighted by Crippen LogP contribution is -2.50. The van der Waals surface area contributed by atoms with Gasteiger partial charge in [0, 0.05) is 23.7 Å². The molecule has 1 saturated heterocycles. The third kappa shape index (κ3) is 3.26. The normalized spacial score (nSPS) is 23.5. The predicted molar refractivity (Wildman–Crippen MR) is 73.5 cm³/mol. The molecule has 0 bridgehead atoms. The van der Waals surface area contributed by atoms with E-state index in [2.05, 4.69) is 0 Å². The van der Waals surface area contributed by atoms with Gasteiger partial charge in [0.1, 0.15) is 0 Å². The summed E-state index contributed by atoms with van der Waals surface area (Å²) < 4.78 is 5.54. The highest BCUT2D eigenvalue weighted by Gasteiger charge is 2.29. The molecule has 2 rings (SSSR count). The maximum Gasteiger partial charge on any atom is 0.254 e. The van der Waals surface area contributed by atoms with E-state index in [-0.39, 0.29) is 24.7 Å². The van der Waals surface area contributed by atoms with Crippen molar-refractivity contribution in [1.29, 1.82) is 0 Å². The van der Waals surface area contributed by atoms with Crippen LogP contribution in [0.5, 0.6) is 0 Å². The van der Waals surface area contributed by atoms with Crippen LogP contribution in [0.2, 0.25) is 5.02 Å². The van der Waals surface area contributed by atoms with E-state index in [0.29, 0.717) is 23.7 Å². The molecule has 1 N–H and O–H groups in total. The van der Waals surface area contributed by atoms with E-state index in [0.717, 1.165) is 5.56 Å². The molecule has 1 fully saturated rings. The minimum Gasteiger partial charge on any atom is -0.394 e. The summed E-state index contributed by atoms with van der Waals surface area (Å²) in [5, 5.41) is 9.81. The van der Waals surface area contributed by atoms with Gasteiger partial charge in [-0.25, -0.2) is 0 Å². The van der Waals surface area contributed by atoms with Crippen LogP contribution in [0.3, 0.4) is 0 Å². The minimum atomic E-state index is -0.305. The lowest BCUT2D eigenvalue weighted by atomic mass is 10.1. The number of carbonyl (C=O) groups is 1. The number of hydrogen-bond donors (Lipinski definition) is 1. The van der Waals surface area contributed by atoms with Gasteiger partial charge in [-0.1, -0.05) is 11.6 Å². The summed E-state index contributed by atoms with van der Waals surface area (Å²) in [5.41, 5.74) is 1.51. The van der Waals surface area contributed by atoms with Crippen LogP contribution in [0, 0.1) is 6.92 Å². The molecule has 2 unspecified atom stereocenters. The van der Waals surface area contributed by atoms with Crippen molar-refractivity contribution in [2.24, 2.45) is 0 Å². The summed E-state index contributed by atoms with van der Waals surface area (Å²) in [6, 6.07) is 5.24. The Morgan fingerprint density at radius 3 is 2.89 bits per heavy atom. The lowest BCUT2D eigenvalue weighted by molar-refractivity contribution is -0.0858. The number of morpholine rings is 1. The van der Waals surface area contributed by atoms with Crippen molar-refractivity contribution in [2.75, 3.05) is 19.7 Å². The predicted octanol–water partition coefficient (Wildman–Crippen LogP) is 1.87. The molecule has 0 aromatic heterocycles. The van der Waals surface area contributed by atoms with Gasteiger partial charge in [-0.15, -0.1) is 0 Å². The van der Waals surface area contributed by atoms with Gasteiger partial charge in [-0.3, -0.25) is 4.79 Å². The third-order valence-electron chi connectivity index (χ3n) is 3.24. The second-order valence-corrected chi connectivity index (χ2v) is 5.36. The standard InChI is InChI=1S/C14H18ClNO3/c1-9-5-11(15)3-4-13(9)14(18)16-6-10(2)19-12(7-16)8-17/h3-5,10,12,17H,6-8H2,1-2H3. The Labute approximate surface area is 117 Å². The first-order chi connectivity index (χ1) is 9.01. The maximum absolute atomic E-state index is 12.5. The molecule has 0 radical (unpaired) electrons. The Bertz CT molecular complexity index is 478. The van der Waals surface area contributed by atoms with Crippen molar-refractivity contribution in [3.63, 3.8) is 0 Å². The van der Waals surface area contributed by atoms with Gasteiger partial charge >= 0.3 is 0 Å². The van der Waals surface area contributed by atoms with Crippen molar-refractivity contribution >= 4 is 17.5 Å². The van der Waals surface area contributed by atoms with E-state index in [1.54, 1.807) is 23.1 Å². The summed E-state index contributed by atoms with van der Waals surface area (Å²) in [6.07, 6.45) is -0.372. The number of carbonyl (C=O) groups excluding carboxylic acids is 1. The highest BCUT2D eigenvalue weighted by atomic mass is 35.5. The molecule has 104 valence electrons. The van der Waals surface area contributed by atoms with E-state index in [1.165, 1.54) is 0 Å². The van der Waals surface area contributed by atoms with Gasteiger partial charge in [0.2, 0.25) is 0 Å². The summed E-state index contributed by atoms with van der Waals surface area (Å²) in [7, 11) is 0. The number of aryl methyl sites for hydroxylation is 1. The largest absolute Gasteiger partial charge is 0.394 e. The second-order valence-electron chi connectivity index (χ2n) is 4.92. The molecule has 0 aliphatic carbocycles. The minimum absolute atomic E-state index is 0.0391. The molecular formula is C14H18ClNO3. The molecule has 1 aliphatic heterocycles. The van der Waals surface area contributed by atoms with Crippen LogP contribution in [0.15, 0.2) is 18.2 Å². The number of halogens is 1. The Morgan fingerprint density at radius 1 is 1.53 bits per heavy atom. The highest BCUT2D eigenvalue weighted by molar-refractivity contribution is 6.30. The van der Waals surface area contributed by atoms with Gasteiger partial charge in [0.15, 0.2) is 0 Å². The monoisotopic (exact) mass is 283 g/mol. The first-order valence-electron chi connectivity index (χ1n) is 6.33. The molecule has 2 atom stereocenters. The average molecular weight is 284 g/mol. The molecule has 1 aliphatic rings. The Kier molecular flexibility index (Phi) is 4.45. The zero-order valence-corrected chi connectivity index (χ0v) is 11.9. The second kappa shape index (κ2) is 5.90. The van der Waals surface area contributed by atoms with E-state index in [9.17, 15) is 9.90 Å².